The van der Waals surface area contributed by atoms with Crippen LogP contribution in [0.3, 0.4) is 0 Å². The van der Waals surface area contributed by atoms with E-state index in [4.69, 9.17) is 23.2 Å². The normalized spacial score (nSPS) is 15.7. The van der Waals surface area contributed by atoms with Crippen LogP contribution in [0.4, 0.5) is 10.8 Å². The maximum atomic E-state index is 6.07. The molecule has 1 aromatic carbocycles. The molecule has 0 radical (unpaired) electrons. The summed E-state index contributed by atoms with van der Waals surface area (Å²) in [7, 11) is 0. The Hall–Kier alpha value is -0.970. The van der Waals surface area contributed by atoms with Crippen molar-refractivity contribution in [1.29, 1.82) is 0 Å². The van der Waals surface area contributed by atoms with Crippen molar-refractivity contribution in [1.82, 2.24) is 4.98 Å². The zero-order chi connectivity index (χ0) is 13.9. The Bertz CT molecular complexity index is 565. The maximum Gasteiger partial charge on any atom is 0.187 e. The largest absolute Gasteiger partial charge is 0.368 e. The summed E-state index contributed by atoms with van der Waals surface area (Å²) in [6.45, 7) is 3.91. The number of hydrogen-bond acceptors (Lipinski definition) is 4. The molecule has 1 aliphatic rings. The first-order valence-electron chi connectivity index (χ1n) is 6.54. The van der Waals surface area contributed by atoms with E-state index in [-0.39, 0.29) is 0 Å². The zero-order valence-electron chi connectivity index (χ0n) is 10.9. The second-order valence-electron chi connectivity index (χ2n) is 4.65. The van der Waals surface area contributed by atoms with Crippen molar-refractivity contribution in [2.75, 3.05) is 36.0 Å². The second-order valence-corrected chi connectivity index (χ2v) is 6.34. The van der Waals surface area contributed by atoms with Gasteiger partial charge in [0.15, 0.2) is 5.13 Å². The number of anilines is 2. The summed E-state index contributed by atoms with van der Waals surface area (Å²) in [6, 6.07) is 10.5. The quantitative estimate of drug-likeness (QED) is 0.798. The lowest BCUT2D eigenvalue weighted by Gasteiger charge is -2.35. The predicted molar refractivity (Wildman–Crippen MR) is 87.5 cm³/mol. The van der Waals surface area contributed by atoms with E-state index in [1.54, 1.807) is 11.3 Å². The van der Waals surface area contributed by atoms with E-state index in [2.05, 4.69) is 39.0 Å². The van der Waals surface area contributed by atoms with Gasteiger partial charge in [-0.3, -0.25) is 0 Å². The highest BCUT2D eigenvalue weighted by molar-refractivity contribution is 7.16. The molecule has 0 saturated carbocycles. The number of benzene rings is 1. The van der Waals surface area contributed by atoms with Gasteiger partial charge in [-0.2, -0.15) is 0 Å². The minimum atomic E-state index is 0.431. The van der Waals surface area contributed by atoms with Crippen molar-refractivity contribution in [3.63, 3.8) is 0 Å². The first kappa shape index (κ1) is 14.0. The van der Waals surface area contributed by atoms with Gasteiger partial charge in [-0.1, -0.05) is 41.1 Å². The molecule has 0 amide bonds. The molecule has 0 N–H and O–H groups in total. The van der Waals surface area contributed by atoms with Crippen molar-refractivity contribution in [3.05, 3.63) is 40.4 Å². The Morgan fingerprint density at radius 1 is 1.05 bits per heavy atom. The van der Waals surface area contributed by atoms with Gasteiger partial charge >= 0.3 is 0 Å². The number of thiazole rings is 1. The molecule has 20 heavy (non-hydrogen) atoms. The van der Waals surface area contributed by atoms with E-state index in [0.717, 1.165) is 36.2 Å². The number of halogens is 2. The molecule has 3 rings (SSSR count). The van der Waals surface area contributed by atoms with Gasteiger partial charge in [-0.25, -0.2) is 4.98 Å². The fourth-order valence-corrected chi connectivity index (χ4v) is 3.86. The topological polar surface area (TPSA) is 19.4 Å². The van der Waals surface area contributed by atoms with E-state index in [1.807, 2.05) is 6.07 Å². The van der Waals surface area contributed by atoms with Crippen LogP contribution >= 0.6 is 34.5 Å². The highest BCUT2D eigenvalue weighted by Gasteiger charge is 2.20. The van der Waals surface area contributed by atoms with Gasteiger partial charge in [0.2, 0.25) is 0 Å². The molecule has 6 heteroatoms. The summed E-state index contributed by atoms with van der Waals surface area (Å²) in [5.41, 5.74) is 1.28. The lowest BCUT2D eigenvalue weighted by atomic mass is 10.2. The maximum absolute atomic E-state index is 6.07. The van der Waals surface area contributed by atoms with Crippen LogP contribution in [0.2, 0.25) is 5.15 Å². The number of hydrogen-bond donors (Lipinski definition) is 0. The Morgan fingerprint density at radius 2 is 1.70 bits per heavy atom. The molecular weight excluding hydrogens is 313 g/mol. The van der Waals surface area contributed by atoms with Crippen molar-refractivity contribution < 1.29 is 0 Å². The number of para-hydroxylation sites is 1. The number of piperazine rings is 1. The van der Waals surface area contributed by atoms with Crippen molar-refractivity contribution in [2.24, 2.45) is 0 Å². The smallest absolute Gasteiger partial charge is 0.187 e. The number of aromatic nitrogens is 1. The molecule has 0 bridgehead atoms. The van der Waals surface area contributed by atoms with Crippen LogP contribution in [0.1, 0.15) is 4.88 Å². The van der Waals surface area contributed by atoms with Gasteiger partial charge in [0.1, 0.15) is 5.15 Å². The average molecular weight is 328 g/mol. The van der Waals surface area contributed by atoms with Crippen LogP contribution < -0.4 is 9.80 Å². The van der Waals surface area contributed by atoms with Crippen LogP contribution in [-0.2, 0) is 5.88 Å². The third-order valence-electron chi connectivity index (χ3n) is 3.43. The standard InChI is InChI=1S/C14H15Cl2N3S/c15-10-12-13(16)17-14(20-12)19-8-6-18(7-9-19)11-4-2-1-3-5-11/h1-5H,6-10H2. The zero-order valence-corrected chi connectivity index (χ0v) is 13.3. The average Bonchev–Trinajstić information content (AvgIpc) is 2.89. The fraction of sp³-hybridized carbons (Fsp3) is 0.357. The van der Waals surface area contributed by atoms with Crippen molar-refractivity contribution in [3.8, 4) is 0 Å². The van der Waals surface area contributed by atoms with Gasteiger partial charge in [-0.15, -0.1) is 11.6 Å². The molecule has 1 aliphatic heterocycles. The summed E-state index contributed by atoms with van der Waals surface area (Å²) in [5.74, 6) is 0.431. The summed E-state index contributed by atoms with van der Waals surface area (Å²) in [6.07, 6.45) is 0. The molecule has 0 spiro atoms. The molecular formula is C14H15Cl2N3S. The Labute approximate surface area is 132 Å². The first-order valence-corrected chi connectivity index (χ1v) is 8.27. The minimum absolute atomic E-state index is 0.431. The highest BCUT2D eigenvalue weighted by atomic mass is 35.5. The van der Waals surface area contributed by atoms with Crippen LogP contribution in [0, 0.1) is 0 Å². The summed E-state index contributed by atoms with van der Waals surface area (Å²) in [5, 5.41) is 1.53. The monoisotopic (exact) mass is 327 g/mol. The van der Waals surface area contributed by atoms with Crippen molar-refractivity contribution >= 4 is 45.4 Å². The lowest BCUT2D eigenvalue weighted by molar-refractivity contribution is 0.652. The van der Waals surface area contributed by atoms with Crippen molar-refractivity contribution in [2.45, 2.75) is 5.88 Å². The predicted octanol–water partition coefficient (Wildman–Crippen LogP) is 3.86. The van der Waals surface area contributed by atoms with E-state index in [0.29, 0.717) is 11.0 Å². The van der Waals surface area contributed by atoms with E-state index < -0.39 is 0 Å². The molecule has 106 valence electrons. The van der Waals surface area contributed by atoms with Crippen LogP contribution in [0.5, 0.6) is 0 Å². The van der Waals surface area contributed by atoms with Crippen LogP contribution in [-0.4, -0.2) is 31.2 Å². The molecule has 1 aromatic heterocycles. The number of nitrogens with zero attached hydrogens (tertiary/aromatic N) is 3. The van der Waals surface area contributed by atoms with Gasteiger partial charge < -0.3 is 9.80 Å². The summed E-state index contributed by atoms with van der Waals surface area (Å²) < 4.78 is 0. The molecule has 3 nitrogen and oxygen atoms in total. The van der Waals surface area contributed by atoms with E-state index in [9.17, 15) is 0 Å². The molecule has 0 atom stereocenters. The molecule has 2 heterocycles. The van der Waals surface area contributed by atoms with Gasteiger partial charge in [0.05, 0.1) is 10.8 Å². The molecule has 1 saturated heterocycles. The number of alkyl halides is 1. The Kier molecular flexibility index (Phi) is 4.34. The SMILES string of the molecule is ClCc1sc(N2CCN(c3ccccc3)CC2)nc1Cl. The third kappa shape index (κ3) is 2.87. The molecule has 2 aromatic rings. The second kappa shape index (κ2) is 6.20. The first-order chi connectivity index (χ1) is 9.78. The Balaban J connectivity index is 1.66. The van der Waals surface area contributed by atoms with Gasteiger partial charge in [-0.05, 0) is 12.1 Å². The summed E-state index contributed by atoms with van der Waals surface area (Å²) >= 11 is 13.5. The minimum Gasteiger partial charge on any atom is -0.368 e. The van der Waals surface area contributed by atoms with Gasteiger partial charge in [0.25, 0.3) is 0 Å². The third-order valence-corrected chi connectivity index (χ3v) is 5.40. The van der Waals surface area contributed by atoms with E-state index in [1.165, 1.54) is 5.69 Å². The molecule has 0 aliphatic carbocycles. The summed E-state index contributed by atoms with van der Waals surface area (Å²) in [4.78, 5) is 10.0. The van der Waals surface area contributed by atoms with Gasteiger partial charge in [0, 0.05) is 31.9 Å². The van der Waals surface area contributed by atoms with Crippen LogP contribution in [0.25, 0.3) is 0 Å². The highest BCUT2D eigenvalue weighted by Crippen LogP contribution is 2.31. The lowest BCUT2D eigenvalue weighted by Crippen LogP contribution is -2.46. The molecule has 1 fully saturated rings. The van der Waals surface area contributed by atoms with Crippen LogP contribution in [0.15, 0.2) is 30.3 Å². The molecule has 0 unspecified atom stereocenters. The van der Waals surface area contributed by atoms with E-state index >= 15 is 0 Å². The number of rotatable bonds is 3. The fourth-order valence-electron chi connectivity index (χ4n) is 2.33. The Morgan fingerprint density at radius 3 is 2.30 bits per heavy atom.